The highest BCUT2D eigenvalue weighted by molar-refractivity contribution is 7.09. The molecule has 0 radical (unpaired) electrons. The lowest BCUT2D eigenvalue weighted by Gasteiger charge is -2.20. The third kappa shape index (κ3) is 4.36. The molecular formula is C18H22N4O2S. The molecule has 1 aromatic heterocycles. The van der Waals surface area contributed by atoms with Crippen molar-refractivity contribution < 1.29 is 9.59 Å². The first-order chi connectivity index (χ1) is 12.2. The molecule has 0 atom stereocenters. The summed E-state index contributed by atoms with van der Waals surface area (Å²) < 4.78 is 0. The number of benzene rings is 1. The molecule has 6 nitrogen and oxygen atoms in total. The molecule has 132 valence electrons. The Labute approximate surface area is 151 Å². The van der Waals surface area contributed by atoms with Crippen molar-refractivity contribution in [3.63, 3.8) is 0 Å². The van der Waals surface area contributed by atoms with Gasteiger partial charge in [-0.25, -0.2) is 9.78 Å². The van der Waals surface area contributed by atoms with Crippen LogP contribution in [0.4, 0.5) is 16.2 Å². The molecule has 0 bridgehead atoms. The monoisotopic (exact) mass is 358 g/mol. The summed E-state index contributed by atoms with van der Waals surface area (Å²) >= 11 is 1.65. The van der Waals surface area contributed by atoms with Crippen LogP contribution in [0.25, 0.3) is 0 Å². The topological polar surface area (TPSA) is 74.3 Å². The van der Waals surface area contributed by atoms with Crippen molar-refractivity contribution in [3.8, 4) is 0 Å². The molecule has 25 heavy (non-hydrogen) atoms. The number of nitrogens with one attached hydrogen (secondary N) is 2. The number of aromatic nitrogens is 1. The van der Waals surface area contributed by atoms with Crippen molar-refractivity contribution in [1.82, 2.24) is 10.3 Å². The number of aryl methyl sites for hydroxylation is 1. The lowest BCUT2D eigenvalue weighted by atomic mass is 10.2. The molecule has 3 rings (SSSR count). The van der Waals surface area contributed by atoms with Crippen LogP contribution in [0.15, 0.2) is 29.6 Å². The molecule has 2 aromatic rings. The summed E-state index contributed by atoms with van der Waals surface area (Å²) in [6.45, 7) is 3.29. The first-order valence-electron chi connectivity index (χ1n) is 8.55. The molecule has 1 saturated heterocycles. The molecule has 0 aliphatic carbocycles. The van der Waals surface area contributed by atoms with Gasteiger partial charge in [0.1, 0.15) is 0 Å². The minimum absolute atomic E-state index is 0.102. The molecule has 3 amide bonds. The van der Waals surface area contributed by atoms with Crippen LogP contribution in [-0.4, -0.2) is 30.0 Å². The summed E-state index contributed by atoms with van der Waals surface area (Å²) in [5.74, 6) is 0.102. The van der Waals surface area contributed by atoms with Crippen LogP contribution in [0.3, 0.4) is 0 Å². The van der Waals surface area contributed by atoms with E-state index in [1.165, 1.54) is 0 Å². The number of nitrogens with zero attached hydrogens (tertiary/aromatic N) is 2. The highest BCUT2D eigenvalue weighted by Gasteiger charge is 2.24. The number of hydrogen-bond acceptors (Lipinski definition) is 4. The molecule has 0 saturated carbocycles. The molecular weight excluding hydrogens is 336 g/mol. The summed E-state index contributed by atoms with van der Waals surface area (Å²) in [5, 5.41) is 8.84. The largest absolute Gasteiger partial charge is 0.337 e. The van der Waals surface area contributed by atoms with E-state index in [1.807, 2.05) is 29.6 Å². The van der Waals surface area contributed by atoms with Gasteiger partial charge in [-0.05, 0) is 25.0 Å². The van der Waals surface area contributed by atoms with Gasteiger partial charge in [-0.2, -0.15) is 0 Å². The van der Waals surface area contributed by atoms with E-state index in [4.69, 9.17) is 0 Å². The molecule has 1 fully saturated rings. The van der Waals surface area contributed by atoms with Crippen molar-refractivity contribution in [3.05, 3.63) is 40.3 Å². The van der Waals surface area contributed by atoms with Gasteiger partial charge in [0.2, 0.25) is 5.91 Å². The quantitative estimate of drug-likeness (QED) is 0.833. The fourth-order valence-corrected chi connectivity index (χ4v) is 3.59. The van der Waals surface area contributed by atoms with Gasteiger partial charge in [-0.3, -0.25) is 4.79 Å². The Morgan fingerprint density at radius 3 is 2.92 bits per heavy atom. The predicted molar refractivity (Wildman–Crippen MR) is 100 cm³/mol. The number of anilines is 2. The van der Waals surface area contributed by atoms with E-state index in [1.54, 1.807) is 16.2 Å². The van der Waals surface area contributed by atoms with Gasteiger partial charge >= 0.3 is 6.03 Å². The number of hydrogen-bond donors (Lipinski definition) is 2. The first-order valence-corrected chi connectivity index (χ1v) is 9.43. The Bertz CT molecular complexity index is 759. The van der Waals surface area contributed by atoms with Crippen LogP contribution in [0, 0.1) is 0 Å². The normalized spacial score (nSPS) is 14.0. The Morgan fingerprint density at radius 1 is 1.36 bits per heavy atom. The number of amides is 3. The fourth-order valence-electron chi connectivity index (χ4n) is 2.81. The summed E-state index contributed by atoms with van der Waals surface area (Å²) in [5.41, 5.74) is 2.41. The second kappa shape index (κ2) is 8.11. The van der Waals surface area contributed by atoms with E-state index in [2.05, 4.69) is 22.5 Å². The summed E-state index contributed by atoms with van der Waals surface area (Å²) in [6.07, 6.45) is 3.06. The van der Waals surface area contributed by atoms with E-state index in [9.17, 15) is 9.59 Å². The summed E-state index contributed by atoms with van der Waals surface area (Å²) in [6, 6.07) is 7.12. The zero-order chi connectivity index (χ0) is 17.6. The number of carbonyl (C=O) groups excluding carboxylic acids is 2. The molecule has 1 aliphatic rings. The number of para-hydroxylation sites is 2. The summed E-state index contributed by atoms with van der Waals surface area (Å²) in [7, 11) is 0. The number of thiazole rings is 1. The molecule has 0 spiro atoms. The minimum Gasteiger partial charge on any atom is -0.337 e. The van der Waals surface area contributed by atoms with Crippen LogP contribution in [0.2, 0.25) is 0 Å². The van der Waals surface area contributed by atoms with Gasteiger partial charge in [0.15, 0.2) is 0 Å². The highest BCUT2D eigenvalue weighted by atomic mass is 32.1. The Kier molecular flexibility index (Phi) is 5.65. The zero-order valence-corrected chi connectivity index (χ0v) is 15.1. The van der Waals surface area contributed by atoms with Gasteiger partial charge in [0.25, 0.3) is 0 Å². The fraction of sp³-hybridized carbons (Fsp3) is 0.389. The van der Waals surface area contributed by atoms with Crippen molar-refractivity contribution >= 4 is 34.6 Å². The van der Waals surface area contributed by atoms with Crippen LogP contribution in [0.1, 0.15) is 30.5 Å². The van der Waals surface area contributed by atoms with Crippen LogP contribution in [-0.2, 0) is 17.6 Å². The van der Waals surface area contributed by atoms with Crippen molar-refractivity contribution in [2.24, 2.45) is 0 Å². The summed E-state index contributed by atoms with van der Waals surface area (Å²) in [4.78, 5) is 30.3. The first kappa shape index (κ1) is 17.4. The molecule has 7 heteroatoms. The van der Waals surface area contributed by atoms with Crippen molar-refractivity contribution in [2.45, 2.75) is 32.6 Å². The second-order valence-corrected chi connectivity index (χ2v) is 6.83. The maximum atomic E-state index is 12.2. The molecule has 0 unspecified atom stereocenters. The third-order valence-corrected chi connectivity index (χ3v) is 5.13. The molecule has 1 aliphatic heterocycles. The van der Waals surface area contributed by atoms with Gasteiger partial charge < -0.3 is 15.5 Å². The molecule has 1 aromatic carbocycles. The maximum Gasteiger partial charge on any atom is 0.319 e. The number of rotatable bonds is 6. The Hall–Kier alpha value is -2.41. The van der Waals surface area contributed by atoms with E-state index >= 15 is 0 Å². The molecule has 2 N–H and O–H groups in total. The second-order valence-electron chi connectivity index (χ2n) is 5.88. The Balaban J connectivity index is 1.55. The predicted octanol–water partition coefficient (Wildman–Crippen LogP) is 3.20. The van der Waals surface area contributed by atoms with Gasteiger partial charge in [-0.1, -0.05) is 19.1 Å². The van der Waals surface area contributed by atoms with Crippen LogP contribution >= 0.6 is 11.3 Å². The lowest BCUT2D eigenvalue weighted by Crippen LogP contribution is -2.32. The van der Waals surface area contributed by atoms with Crippen LogP contribution in [0.5, 0.6) is 0 Å². The SMILES string of the molecule is CCc1nc(CCNC(=O)Nc2ccccc2N2CCCC2=O)cs1. The average Bonchev–Trinajstić information content (AvgIpc) is 3.24. The van der Waals surface area contributed by atoms with Gasteiger partial charge in [0, 0.05) is 31.3 Å². The third-order valence-electron chi connectivity index (χ3n) is 4.08. The van der Waals surface area contributed by atoms with Gasteiger partial charge in [-0.15, -0.1) is 11.3 Å². The van der Waals surface area contributed by atoms with Gasteiger partial charge in [0.05, 0.1) is 22.1 Å². The van der Waals surface area contributed by atoms with E-state index in [0.717, 1.165) is 29.2 Å². The Morgan fingerprint density at radius 2 is 2.20 bits per heavy atom. The van der Waals surface area contributed by atoms with Crippen LogP contribution < -0.4 is 15.5 Å². The van der Waals surface area contributed by atoms with E-state index < -0.39 is 0 Å². The standard InChI is InChI=1S/C18H22N4O2S/c1-2-16-20-13(12-25-16)9-10-19-18(24)21-14-6-3-4-7-15(14)22-11-5-8-17(22)23/h3-4,6-7,12H,2,5,8-11H2,1H3,(H2,19,21,24). The van der Waals surface area contributed by atoms with Crippen molar-refractivity contribution in [2.75, 3.05) is 23.3 Å². The highest BCUT2D eigenvalue weighted by Crippen LogP contribution is 2.29. The number of carbonyl (C=O) groups is 2. The van der Waals surface area contributed by atoms with E-state index in [-0.39, 0.29) is 11.9 Å². The lowest BCUT2D eigenvalue weighted by molar-refractivity contribution is -0.117. The number of urea groups is 1. The zero-order valence-electron chi connectivity index (χ0n) is 14.2. The minimum atomic E-state index is -0.273. The van der Waals surface area contributed by atoms with E-state index in [0.29, 0.717) is 31.6 Å². The maximum absolute atomic E-state index is 12.2. The van der Waals surface area contributed by atoms with Crippen molar-refractivity contribution in [1.29, 1.82) is 0 Å². The average molecular weight is 358 g/mol. The smallest absolute Gasteiger partial charge is 0.319 e. The molecule has 2 heterocycles.